The van der Waals surface area contributed by atoms with Gasteiger partial charge >= 0.3 is 12.0 Å². The minimum absolute atomic E-state index is 0.0186. The highest BCUT2D eigenvalue weighted by Crippen LogP contribution is 2.30. The van der Waals surface area contributed by atoms with Gasteiger partial charge in [0.1, 0.15) is 0 Å². The van der Waals surface area contributed by atoms with Crippen LogP contribution in [0.25, 0.3) is 0 Å². The van der Waals surface area contributed by atoms with E-state index >= 15 is 0 Å². The number of ketones is 1. The molecular weight excluding hydrogens is 248 g/mol. The zero-order chi connectivity index (χ0) is 13.8. The first-order valence-electron chi connectivity index (χ1n) is 5.92. The molecule has 6 heteroatoms. The number of carbonyl (C=O) groups excluding carboxylic acids is 3. The molecule has 100 valence electrons. The van der Waals surface area contributed by atoms with Gasteiger partial charge in [-0.3, -0.25) is 9.59 Å². The topological polar surface area (TPSA) is 98.5 Å². The molecule has 1 aliphatic carbocycles. The molecule has 1 fully saturated rings. The van der Waals surface area contributed by atoms with E-state index in [1.807, 2.05) is 0 Å². The van der Waals surface area contributed by atoms with Crippen LogP contribution in [0, 0.1) is 5.92 Å². The second kappa shape index (κ2) is 5.51. The standard InChI is InChI=1S/C13H14N2O4/c14-13(18)15-10-5-3-8(4-6-10)11(16)7-19-12(17)9-1-2-9/h3-6,9H,1-2,7H2,(H3,14,15,18). The van der Waals surface area contributed by atoms with Crippen LogP contribution in [0.2, 0.25) is 0 Å². The molecule has 19 heavy (non-hydrogen) atoms. The minimum Gasteiger partial charge on any atom is -0.457 e. The third kappa shape index (κ3) is 3.80. The average molecular weight is 262 g/mol. The van der Waals surface area contributed by atoms with Gasteiger partial charge in [-0.15, -0.1) is 0 Å². The normalized spacial score (nSPS) is 13.7. The number of ether oxygens (including phenoxy) is 1. The third-order valence-corrected chi connectivity index (χ3v) is 2.73. The summed E-state index contributed by atoms with van der Waals surface area (Å²) < 4.78 is 4.90. The summed E-state index contributed by atoms with van der Waals surface area (Å²) in [4.78, 5) is 33.6. The van der Waals surface area contributed by atoms with Gasteiger partial charge in [0.05, 0.1) is 5.92 Å². The molecule has 0 bridgehead atoms. The number of Topliss-reactive ketones (excluding diaryl/α,β-unsaturated/α-hetero) is 1. The lowest BCUT2D eigenvalue weighted by Crippen LogP contribution is -2.19. The zero-order valence-electron chi connectivity index (χ0n) is 10.2. The summed E-state index contributed by atoms with van der Waals surface area (Å²) in [5, 5.41) is 2.39. The number of benzene rings is 1. The van der Waals surface area contributed by atoms with Crippen LogP contribution in [0.15, 0.2) is 24.3 Å². The largest absolute Gasteiger partial charge is 0.457 e. The lowest BCUT2D eigenvalue weighted by molar-refractivity contribution is -0.144. The van der Waals surface area contributed by atoms with Gasteiger partial charge < -0.3 is 15.8 Å². The highest BCUT2D eigenvalue weighted by molar-refractivity contribution is 5.98. The molecule has 3 N–H and O–H groups in total. The Labute approximate surface area is 109 Å². The van der Waals surface area contributed by atoms with Crippen molar-refractivity contribution in [2.45, 2.75) is 12.8 Å². The molecule has 2 rings (SSSR count). The smallest absolute Gasteiger partial charge is 0.316 e. The minimum atomic E-state index is -0.669. The van der Waals surface area contributed by atoms with Crippen molar-refractivity contribution < 1.29 is 19.1 Å². The first-order chi connectivity index (χ1) is 9.06. The van der Waals surface area contributed by atoms with Gasteiger partial charge in [0.25, 0.3) is 0 Å². The van der Waals surface area contributed by atoms with Gasteiger partial charge in [-0.2, -0.15) is 0 Å². The van der Waals surface area contributed by atoms with Gasteiger partial charge in [-0.25, -0.2) is 4.79 Å². The van der Waals surface area contributed by atoms with Gasteiger partial charge in [-0.05, 0) is 37.1 Å². The molecule has 1 aromatic rings. The van der Waals surface area contributed by atoms with Crippen molar-refractivity contribution in [3.8, 4) is 0 Å². The van der Waals surface area contributed by atoms with Crippen LogP contribution in [-0.2, 0) is 9.53 Å². The number of anilines is 1. The van der Waals surface area contributed by atoms with Crippen molar-refractivity contribution in [1.29, 1.82) is 0 Å². The van der Waals surface area contributed by atoms with Crippen LogP contribution in [-0.4, -0.2) is 24.4 Å². The SMILES string of the molecule is NC(=O)Nc1ccc(C(=O)COC(=O)C2CC2)cc1. The number of rotatable bonds is 5. The van der Waals surface area contributed by atoms with Gasteiger partial charge in [0.15, 0.2) is 12.4 Å². The predicted octanol–water partition coefficient (Wildman–Crippen LogP) is 1.31. The third-order valence-electron chi connectivity index (χ3n) is 2.73. The monoisotopic (exact) mass is 262 g/mol. The van der Waals surface area contributed by atoms with Crippen LogP contribution in [0.4, 0.5) is 10.5 Å². The van der Waals surface area contributed by atoms with Crippen molar-refractivity contribution in [2.24, 2.45) is 11.7 Å². The number of nitrogens with one attached hydrogen (secondary N) is 1. The summed E-state index contributed by atoms with van der Waals surface area (Å²) >= 11 is 0. The Balaban J connectivity index is 1.87. The van der Waals surface area contributed by atoms with Crippen LogP contribution < -0.4 is 11.1 Å². The van der Waals surface area contributed by atoms with Crippen molar-refractivity contribution in [3.63, 3.8) is 0 Å². The summed E-state index contributed by atoms with van der Waals surface area (Å²) in [6.45, 7) is -0.252. The van der Waals surface area contributed by atoms with Crippen molar-refractivity contribution in [1.82, 2.24) is 0 Å². The van der Waals surface area contributed by atoms with E-state index in [4.69, 9.17) is 10.5 Å². The van der Waals surface area contributed by atoms with E-state index in [0.717, 1.165) is 12.8 Å². The fourth-order valence-corrected chi connectivity index (χ4v) is 1.54. The Morgan fingerprint density at radius 2 is 1.84 bits per heavy atom. The van der Waals surface area contributed by atoms with Gasteiger partial charge in [0.2, 0.25) is 0 Å². The molecule has 1 aromatic carbocycles. The molecular formula is C13H14N2O4. The molecule has 0 saturated heterocycles. The number of amides is 2. The van der Waals surface area contributed by atoms with E-state index in [1.165, 1.54) is 0 Å². The molecule has 0 radical (unpaired) electrons. The van der Waals surface area contributed by atoms with E-state index in [2.05, 4.69) is 5.32 Å². The average Bonchev–Trinajstić information content (AvgIpc) is 3.20. The Morgan fingerprint density at radius 3 is 2.37 bits per heavy atom. The molecule has 0 unspecified atom stereocenters. The highest BCUT2D eigenvalue weighted by atomic mass is 16.5. The Bertz CT molecular complexity index is 506. The lowest BCUT2D eigenvalue weighted by atomic mass is 10.1. The number of esters is 1. The van der Waals surface area contributed by atoms with Crippen molar-refractivity contribution in [3.05, 3.63) is 29.8 Å². The Hall–Kier alpha value is -2.37. The number of hydrogen-bond acceptors (Lipinski definition) is 4. The first kappa shape index (κ1) is 13.1. The maximum Gasteiger partial charge on any atom is 0.316 e. The van der Waals surface area contributed by atoms with E-state index in [9.17, 15) is 14.4 Å². The molecule has 1 saturated carbocycles. The second-order valence-electron chi connectivity index (χ2n) is 4.37. The highest BCUT2D eigenvalue weighted by Gasteiger charge is 2.31. The van der Waals surface area contributed by atoms with E-state index in [-0.39, 0.29) is 24.3 Å². The first-order valence-corrected chi connectivity index (χ1v) is 5.92. The molecule has 6 nitrogen and oxygen atoms in total. The summed E-state index contributed by atoms with van der Waals surface area (Å²) in [5.41, 5.74) is 5.88. The number of carbonyl (C=O) groups is 3. The van der Waals surface area contributed by atoms with Crippen LogP contribution in [0.5, 0.6) is 0 Å². The molecule has 0 aromatic heterocycles. The predicted molar refractivity (Wildman–Crippen MR) is 67.7 cm³/mol. The fourth-order valence-electron chi connectivity index (χ4n) is 1.54. The molecule has 0 spiro atoms. The van der Waals surface area contributed by atoms with E-state index in [0.29, 0.717) is 11.3 Å². The number of nitrogens with two attached hydrogens (primary N) is 1. The van der Waals surface area contributed by atoms with Crippen LogP contribution >= 0.6 is 0 Å². The van der Waals surface area contributed by atoms with Crippen molar-refractivity contribution in [2.75, 3.05) is 11.9 Å². The van der Waals surface area contributed by atoms with Gasteiger partial charge in [-0.1, -0.05) is 0 Å². The number of hydrogen-bond donors (Lipinski definition) is 2. The Kier molecular flexibility index (Phi) is 3.79. The second-order valence-corrected chi connectivity index (χ2v) is 4.37. The Morgan fingerprint density at radius 1 is 1.21 bits per heavy atom. The van der Waals surface area contributed by atoms with Crippen LogP contribution in [0.1, 0.15) is 23.2 Å². The lowest BCUT2D eigenvalue weighted by Gasteiger charge is -2.05. The summed E-state index contributed by atoms with van der Waals surface area (Å²) in [7, 11) is 0. The molecule has 0 heterocycles. The molecule has 1 aliphatic rings. The van der Waals surface area contributed by atoms with E-state index < -0.39 is 6.03 Å². The maximum atomic E-state index is 11.7. The summed E-state index contributed by atoms with van der Waals surface area (Å²) in [6.07, 6.45) is 1.70. The fraction of sp³-hybridized carbons (Fsp3) is 0.308. The molecule has 0 aliphatic heterocycles. The van der Waals surface area contributed by atoms with Crippen LogP contribution in [0.3, 0.4) is 0 Å². The summed E-state index contributed by atoms with van der Waals surface area (Å²) in [6, 6.07) is 5.52. The summed E-state index contributed by atoms with van der Waals surface area (Å²) in [5.74, 6) is -0.602. The quantitative estimate of drug-likeness (QED) is 0.617. The maximum absolute atomic E-state index is 11.7. The zero-order valence-corrected chi connectivity index (χ0v) is 10.2. The van der Waals surface area contributed by atoms with Gasteiger partial charge in [0, 0.05) is 11.3 Å². The van der Waals surface area contributed by atoms with Crippen molar-refractivity contribution >= 4 is 23.5 Å². The number of primary amides is 1. The van der Waals surface area contributed by atoms with E-state index in [1.54, 1.807) is 24.3 Å². The number of urea groups is 1. The molecule has 2 amide bonds. The molecule has 0 atom stereocenters.